The summed E-state index contributed by atoms with van der Waals surface area (Å²) < 4.78 is 5.27. The summed E-state index contributed by atoms with van der Waals surface area (Å²) in [4.78, 5) is 7.81. The van der Waals surface area contributed by atoms with E-state index >= 15 is 0 Å². The molecule has 0 spiro atoms. The van der Waals surface area contributed by atoms with Gasteiger partial charge in [0.15, 0.2) is 0 Å². The molecule has 0 bridgehead atoms. The molecule has 0 aromatic heterocycles. The van der Waals surface area contributed by atoms with Crippen molar-refractivity contribution in [3.63, 3.8) is 0 Å². The molecule has 0 saturated carbocycles. The van der Waals surface area contributed by atoms with Gasteiger partial charge in [-0.1, -0.05) is 70.7 Å². The van der Waals surface area contributed by atoms with Gasteiger partial charge >= 0.3 is 0 Å². The van der Waals surface area contributed by atoms with E-state index in [1.165, 1.54) is 0 Å². The van der Waals surface area contributed by atoms with Crippen molar-refractivity contribution in [2.24, 2.45) is 5.16 Å². The van der Waals surface area contributed by atoms with Crippen molar-refractivity contribution in [3.05, 3.63) is 69.7 Å². The van der Waals surface area contributed by atoms with Crippen LogP contribution >= 0.6 is 23.2 Å². The average Bonchev–Trinajstić information content (AvgIpc) is 3.19. The van der Waals surface area contributed by atoms with Crippen molar-refractivity contribution in [1.29, 1.82) is 0 Å². The van der Waals surface area contributed by atoms with E-state index in [9.17, 15) is 5.11 Å². The molecule has 2 aromatic carbocycles. The fourth-order valence-electron chi connectivity index (χ4n) is 3.31. The summed E-state index contributed by atoms with van der Waals surface area (Å²) in [6.45, 7) is 2.08. The summed E-state index contributed by atoms with van der Waals surface area (Å²) in [6.07, 6.45) is 5.06. The highest BCUT2D eigenvalue weighted by Gasteiger charge is 2.26. The Morgan fingerprint density at radius 2 is 2.03 bits per heavy atom. The predicted molar refractivity (Wildman–Crippen MR) is 120 cm³/mol. The van der Waals surface area contributed by atoms with Crippen molar-refractivity contribution in [2.75, 3.05) is 26.3 Å². The third-order valence-corrected chi connectivity index (χ3v) is 5.40. The summed E-state index contributed by atoms with van der Waals surface area (Å²) in [5.41, 5.74) is 2.87. The highest BCUT2D eigenvalue weighted by molar-refractivity contribution is 6.42. The van der Waals surface area contributed by atoms with Gasteiger partial charge in [-0.25, -0.2) is 0 Å². The predicted octanol–water partition coefficient (Wildman–Crippen LogP) is 4.00. The van der Waals surface area contributed by atoms with Gasteiger partial charge in [0.05, 0.1) is 28.5 Å². The van der Waals surface area contributed by atoms with Crippen LogP contribution in [0, 0.1) is 12.3 Å². The molecule has 1 heterocycles. The summed E-state index contributed by atoms with van der Waals surface area (Å²) in [7, 11) is 0. The van der Waals surface area contributed by atoms with Crippen molar-refractivity contribution < 1.29 is 14.7 Å². The molecule has 2 aromatic rings. The molecule has 3 rings (SSSR count). The smallest absolute Gasteiger partial charge is 0.145 e. The average molecular weight is 447 g/mol. The van der Waals surface area contributed by atoms with Crippen LogP contribution in [0.25, 0.3) is 0 Å². The van der Waals surface area contributed by atoms with Gasteiger partial charge in [-0.15, -0.1) is 6.42 Å². The molecule has 0 saturated heterocycles. The second-order valence-electron chi connectivity index (χ2n) is 7.15. The van der Waals surface area contributed by atoms with Crippen molar-refractivity contribution >= 4 is 28.9 Å². The third kappa shape index (κ3) is 6.73. The Labute approximate surface area is 187 Å². The summed E-state index contributed by atoms with van der Waals surface area (Å²) in [6, 6.07) is 15.5. The van der Waals surface area contributed by atoms with E-state index in [0.717, 1.165) is 16.8 Å². The lowest BCUT2D eigenvalue weighted by molar-refractivity contribution is 0.00418. The monoisotopic (exact) mass is 446 g/mol. The molecule has 0 amide bonds. The van der Waals surface area contributed by atoms with Crippen LogP contribution < -0.4 is 0 Å². The largest absolute Gasteiger partial charge is 0.390 e. The minimum absolute atomic E-state index is 0.128. The topological polar surface area (TPSA) is 54.3 Å². The quantitative estimate of drug-likeness (QED) is 0.442. The Kier molecular flexibility index (Phi) is 8.56. The number of nitrogens with zero attached hydrogens (tertiary/aromatic N) is 2. The van der Waals surface area contributed by atoms with Gasteiger partial charge in [0, 0.05) is 31.6 Å². The Hall–Kier alpha value is -2.07. The molecule has 1 aliphatic heterocycles. The van der Waals surface area contributed by atoms with Crippen LogP contribution in [-0.4, -0.2) is 54.2 Å². The first-order valence-corrected chi connectivity index (χ1v) is 10.4. The second-order valence-corrected chi connectivity index (χ2v) is 7.97. The van der Waals surface area contributed by atoms with Gasteiger partial charge in [0.1, 0.15) is 12.7 Å². The van der Waals surface area contributed by atoms with Crippen LogP contribution in [0.1, 0.15) is 17.5 Å². The number of terminal acetylenes is 1. The van der Waals surface area contributed by atoms with E-state index in [4.69, 9.17) is 39.2 Å². The molecule has 1 aliphatic rings. The highest BCUT2D eigenvalue weighted by atomic mass is 35.5. The number of oxime groups is 1. The van der Waals surface area contributed by atoms with Crippen LogP contribution in [0.2, 0.25) is 10.0 Å². The van der Waals surface area contributed by atoms with Gasteiger partial charge in [-0.2, -0.15) is 0 Å². The zero-order chi connectivity index (χ0) is 21.3. The molecule has 0 radical (unpaired) electrons. The first kappa shape index (κ1) is 22.6. The standard InChI is InChI=1S/C23H24Cl2N2O3/c1-2-10-29-16-19(28)14-27(13-17-6-4-3-5-7-17)15-20-12-23(26-30-20)18-8-9-21(24)22(25)11-18/h1,3-9,11,19-20,28H,10,12-16H2/t19-,20-/m0/s1. The van der Waals surface area contributed by atoms with Crippen LogP contribution in [0.3, 0.4) is 0 Å². The number of aliphatic hydroxyl groups is 1. The van der Waals surface area contributed by atoms with E-state index in [-0.39, 0.29) is 19.3 Å². The van der Waals surface area contributed by atoms with Crippen molar-refractivity contribution in [1.82, 2.24) is 4.90 Å². The Balaban J connectivity index is 1.61. The molecular weight excluding hydrogens is 423 g/mol. The molecular formula is C23H24Cl2N2O3. The van der Waals surface area contributed by atoms with E-state index in [2.05, 4.69) is 28.1 Å². The van der Waals surface area contributed by atoms with E-state index in [1.807, 2.05) is 24.3 Å². The number of benzene rings is 2. The lowest BCUT2D eigenvalue weighted by atomic mass is 10.0. The van der Waals surface area contributed by atoms with Crippen molar-refractivity contribution in [2.45, 2.75) is 25.2 Å². The van der Waals surface area contributed by atoms with Crippen LogP contribution in [-0.2, 0) is 16.1 Å². The highest BCUT2D eigenvalue weighted by Crippen LogP contribution is 2.26. The van der Waals surface area contributed by atoms with Gasteiger partial charge in [-0.3, -0.25) is 4.90 Å². The molecule has 158 valence electrons. The van der Waals surface area contributed by atoms with Gasteiger partial charge < -0.3 is 14.7 Å². The summed E-state index contributed by atoms with van der Waals surface area (Å²) in [5.74, 6) is 2.40. The third-order valence-electron chi connectivity index (χ3n) is 4.66. The van der Waals surface area contributed by atoms with Gasteiger partial charge in [0.25, 0.3) is 0 Å². The molecule has 0 unspecified atom stereocenters. The van der Waals surface area contributed by atoms with E-state index in [1.54, 1.807) is 12.1 Å². The maximum atomic E-state index is 10.4. The summed E-state index contributed by atoms with van der Waals surface area (Å²) >= 11 is 12.1. The Morgan fingerprint density at radius 1 is 1.23 bits per heavy atom. The molecule has 1 N–H and O–H groups in total. The fraction of sp³-hybridized carbons (Fsp3) is 0.348. The fourth-order valence-corrected chi connectivity index (χ4v) is 3.61. The van der Waals surface area contributed by atoms with Crippen LogP contribution in [0.15, 0.2) is 53.7 Å². The molecule has 30 heavy (non-hydrogen) atoms. The normalized spacial score (nSPS) is 16.8. The number of ether oxygens (including phenoxy) is 1. The van der Waals surface area contributed by atoms with Crippen LogP contribution in [0.5, 0.6) is 0 Å². The van der Waals surface area contributed by atoms with Gasteiger partial charge in [-0.05, 0) is 17.7 Å². The zero-order valence-electron chi connectivity index (χ0n) is 16.5. The first-order valence-electron chi connectivity index (χ1n) is 9.69. The molecule has 0 aliphatic carbocycles. The van der Waals surface area contributed by atoms with Crippen molar-refractivity contribution in [3.8, 4) is 12.3 Å². The van der Waals surface area contributed by atoms with E-state index < -0.39 is 6.10 Å². The summed E-state index contributed by atoms with van der Waals surface area (Å²) in [5, 5.41) is 15.6. The molecule has 5 nitrogen and oxygen atoms in total. The lowest BCUT2D eigenvalue weighted by Gasteiger charge is -2.26. The van der Waals surface area contributed by atoms with E-state index in [0.29, 0.717) is 36.1 Å². The number of aliphatic hydroxyl groups excluding tert-OH is 1. The minimum Gasteiger partial charge on any atom is -0.390 e. The lowest BCUT2D eigenvalue weighted by Crippen LogP contribution is -2.39. The second kappa shape index (κ2) is 11.4. The Morgan fingerprint density at radius 3 is 2.77 bits per heavy atom. The molecule has 2 atom stereocenters. The SMILES string of the molecule is C#CCOC[C@@H](O)CN(Cc1ccccc1)C[C@@H]1CC(c2ccc(Cl)c(Cl)c2)=NO1. The van der Waals surface area contributed by atoms with Crippen LogP contribution in [0.4, 0.5) is 0 Å². The zero-order valence-corrected chi connectivity index (χ0v) is 18.0. The maximum Gasteiger partial charge on any atom is 0.145 e. The number of hydrogen-bond donors (Lipinski definition) is 1. The maximum absolute atomic E-state index is 10.4. The molecule has 7 heteroatoms. The number of halogens is 2. The first-order chi connectivity index (χ1) is 14.5. The minimum atomic E-state index is -0.654. The molecule has 0 fully saturated rings. The number of rotatable bonds is 10. The number of hydrogen-bond acceptors (Lipinski definition) is 5. The Bertz CT molecular complexity index is 899. The van der Waals surface area contributed by atoms with Gasteiger partial charge in [0.2, 0.25) is 0 Å².